The molecule has 1 aliphatic rings. The predicted molar refractivity (Wildman–Crippen MR) is 64.6 cm³/mol. The van der Waals surface area contributed by atoms with Crippen LogP contribution in [0.15, 0.2) is 6.20 Å². The molecule has 1 heterocycles. The number of ether oxygens (including phenoxy) is 1. The van der Waals surface area contributed by atoms with E-state index >= 15 is 0 Å². The van der Waals surface area contributed by atoms with Gasteiger partial charge in [-0.2, -0.15) is 5.10 Å². The number of hydrogen-bond acceptors (Lipinski definition) is 4. The maximum Gasteiger partial charge on any atom is 0.359 e. The molecule has 0 radical (unpaired) electrons. The van der Waals surface area contributed by atoms with Gasteiger partial charge < -0.3 is 10.5 Å². The molecular weight excluding hydrogens is 218 g/mol. The Labute approximate surface area is 101 Å². The Bertz CT molecular complexity index is 394. The Morgan fingerprint density at radius 3 is 2.88 bits per heavy atom. The van der Waals surface area contributed by atoms with Gasteiger partial charge in [-0.3, -0.25) is 4.68 Å². The standard InChI is InChI=1S/C12H19N3O2/c1-2-15-11(10(13)8-14-15)12(16)17-9-6-4-3-5-7-9/h8-9H,2-7,13H2,1H3. The summed E-state index contributed by atoms with van der Waals surface area (Å²) in [5.74, 6) is -0.339. The average Bonchev–Trinajstić information content (AvgIpc) is 2.71. The van der Waals surface area contributed by atoms with E-state index in [1.807, 2.05) is 6.92 Å². The van der Waals surface area contributed by atoms with Gasteiger partial charge in [0, 0.05) is 6.54 Å². The summed E-state index contributed by atoms with van der Waals surface area (Å²) in [5, 5.41) is 4.04. The Hall–Kier alpha value is -1.52. The molecule has 1 aromatic rings. The molecule has 2 rings (SSSR count). The highest BCUT2D eigenvalue weighted by Crippen LogP contribution is 2.22. The van der Waals surface area contributed by atoms with Crippen LogP contribution in [0.1, 0.15) is 49.5 Å². The third-order valence-corrected chi connectivity index (χ3v) is 3.19. The van der Waals surface area contributed by atoms with Gasteiger partial charge in [-0.1, -0.05) is 6.42 Å². The highest BCUT2D eigenvalue weighted by atomic mass is 16.5. The fourth-order valence-electron chi connectivity index (χ4n) is 2.25. The van der Waals surface area contributed by atoms with Crippen molar-refractivity contribution in [1.29, 1.82) is 0 Å². The molecule has 0 aromatic carbocycles. The van der Waals surface area contributed by atoms with Crippen molar-refractivity contribution >= 4 is 11.7 Å². The second-order valence-electron chi connectivity index (χ2n) is 4.43. The van der Waals surface area contributed by atoms with Crippen molar-refractivity contribution in [2.45, 2.75) is 51.7 Å². The SMILES string of the molecule is CCn1ncc(N)c1C(=O)OC1CCCCC1. The van der Waals surface area contributed by atoms with E-state index in [0.29, 0.717) is 17.9 Å². The number of carbonyl (C=O) groups excluding carboxylic acids is 1. The lowest BCUT2D eigenvalue weighted by Crippen LogP contribution is -2.23. The first-order valence-electron chi connectivity index (χ1n) is 6.24. The van der Waals surface area contributed by atoms with Crippen molar-refractivity contribution in [2.24, 2.45) is 0 Å². The summed E-state index contributed by atoms with van der Waals surface area (Å²) in [6.45, 7) is 2.54. The number of aromatic nitrogens is 2. The maximum atomic E-state index is 12.0. The lowest BCUT2D eigenvalue weighted by atomic mass is 9.98. The monoisotopic (exact) mass is 237 g/mol. The summed E-state index contributed by atoms with van der Waals surface area (Å²) in [4.78, 5) is 12.0. The van der Waals surface area contributed by atoms with E-state index in [4.69, 9.17) is 10.5 Å². The minimum absolute atomic E-state index is 0.0517. The van der Waals surface area contributed by atoms with E-state index in [1.54, 1.807) is 4.68 Å². The van der Waals surface area contributed by atoms with Crippen LogP contribution in [0.4, 0.5) is 5.69 Å². The van der Waals surface area contributed by atoms with Crippen LogP contribution < -0.4 is 5.73 Å². The highest BCUT2D eigenvalue weighted by Gasteiger charge is 2.23. The number of nitrogen functional groups attached to an aromatic ring is 1. The molecule has 0 bridgehead atoms. The Balaban J connectivity index is 2.05. The second kappa shape index (κ2) is 5.21. The number of nitrogens with two attached hydrogens (primary N) is 1. The smallest absolute Gasteiger partial charge is 0.359 e. The maximum absolute atomic E-state index is 12.0. The van der Waals surface area contributed by atoms with Crippen molar-refractivity contribution in [3.05, 3.63) is 11.9 Å². The quantitative estimate of drug-likeness (QED) is 0.816. The van der Waals surface area contributed by atoms with Gasteiger partial charge >= 0.3 is 5.97 Å². The molecule has 5 nitrogen and oxygen atoms in total. The fraction of sp³-hybridized carbons (Fsp3) is 0.667. The predicted octanol–water partition coefficient (Wildman–Crippen LogP) is 1.97. The first kappa shape index (κ1) is 12.0. The molecule has 5 heteroatoms. The number of hydrogen-bond donors (Lipinski definition) is 1. The van der Waals surface area contributed by atoms with E-state index in [0.717, 1.165) is 25.7 Å². The normalized spacial score (nSPS) is 17.0. The minimum Gasteiger partial charge on any atom is -0.458 e. The number of nitrogens with zero attached hydrogens (tertiary/aromatic N) is 2. The summed E-state index contributed by atoms with van der Waals surface area (Å²) in [6, 6.07) is 0. The molecule has 0 unspecified atom stereocenters. The van der Waals surface area contributed by atoms with Gasteiger partial charge in [0.1, 0.15) is 6.10 Å². The number of esters is 1. The van der Waals surface area contributed by atoms with Gasteiger partial charge in [-0.05, 0) is 32.6 Å². The number of rotatable bonds is 3. The molecule has 1 saturated carbocycles. The van der Waals surface area contributed by atoms with E-state index in [1.165, 1.54) is 12.6 Å². The summed E-state index contributed by atoms with van der Waals surface area (Å²) < 4.78 is 7.06. The summed E-state index contributed by atoms with van der Waals surface area (Å²) in [6.07, 6.45) is 7.00. The van der Waals surface area contributed by atoms with Gasteiger partial charge in [-0.15, -0.1) is 0 Å². The lowest BCUT2D eigenvalue weighted by Gasteiger charge is -2.21. The van der Waals surface area contributed by atoms with E-state index < -0.39 is 0 Å². The van der Waals surface area contributed by atoms with E-state index in [2.05, 4.69) is 5.10 Å². The van der Waals surface area contributed by atoms with Crippen LogP contribution in [0.3, 0.4) is 0 Å². The molecule has 0 spiro atoms. The van der Waals surface area contributed by atoms with E-state index in [-0.39, 0.29) is 12.1 Å². The van der Waals surface area contributed by atoms with Crippen LogP contribution in [0.5, 0.6) is 0 Å². The average molecular weight is 237 g/mol. The van der Waals surface area contributed by atoms with Crippen LogP contribution in [0.2, 0.25) is 0 Å². The van der Waals surface area contributed by atoms with Gasteiger partial charge in [0.15, 0.2) is 5.69 Å². The molecule has 0 aliphatic heterocycles. The van der Waals surface area contributed by atoms with Crippen molar-refractivity contribution in [3.63, 3.8) is 0 Å². The van der Waals surface area contributed by atoms with Gasteiger partial charge in [0.25, 0.3) is 0 Å². The number of aryl methyl sites for hydroxylation is 1. The van der Waals surface area contributed by atoms with Crippen molar-refractivity contribution in [3.8, 4) is 0 Å². The minimum atomic E-state index is -0.339. The van der Waals surface area contributed by atoms with Crippen LogP contribution >= 0.6 is 0 Å². The van der Waals surface area contributed by atoms with Crippen LogP contribution in [0, 0.1) is 0 Å². The molecular formula is C12H19N3O2. The molecule has 0 amide bonds. The number of anilines is 1. The zero-order valence-electron chi connectivity index (χ0n) is 10.2. The van der Waals surface area contributed by atoms with Gasteiger partial charge in [0.05, 0.1) is 11.9 Å². The molecule has 0 saturated heterocycles. The Morgan fingerprint density at radius 2 is 2.24 bits per heavy atom. The zero-order valence-corrected chi connectivity index (χ0v) is 10.2. The van der Waals surface area contributed by atoms with Crippen molar-refractivity contribution in [2.75, 3.05) is 5.73 Å². The summed E-state index contributed by atoms with van der Waals surface area (Å²) in [5.41, 5.74) is 6.52. The first-order valence-corrected chi connectivity index (χ1v) is 6.24. The van der Waals surface area contributed by atoms with Gasteiger partial charge in [-0.25, -0.2) is 4.79 Å². The Kier molecular flexibility index (Phi) is 3.66. The molecule has 17 heavy (non-hydrogen) atoms. The van der Waals surface area contributed by atoms with Crippen LogP contribution in [0.25, 0.3) is 0 Å². The second-order valence-corrected chi connectivity index (χ2v) is 4.43. The van der Waals surface area contributed by atoms with Crippen molar-refractivity contribution < 1.29 is 9.53 Å². The molecule has 1 aromatic heterocycles. The molecule has 94 valence electrons. The van der Waals surface area contributed by atoms with Crippen LogP contribution in [-0.4, -0.2) is 21.9 Å². The molecule has 0 atom stereocenters. The lowest BCUT2D eigenvalue weighted by molar-refractivity contribution is 0.0199. The zero-order chi connectivity index (χ0) is 12.3. The van der Waals surface area contributed by atoms with E-state index in [9.17, 15) is 4.79 Å². The largest absolute Gasteiger partial charge is 0.458 e. The highest BCUT2D eigenvalue weighted by molar-refractivity contribution is 5.93. The van der Waals surface area contributed by atoms with Gasteiger partial charge in [0.2, 0.25) is 0 Å². The third-order valence-electron chi connectivity index (χ3n) is 3.19. The molecule has 2 N–H and O–H groups in total. The topological polar surface area (TPSA) is 70.1 Å². The Morgan fingerprint density at radius 1 is 1.53 bits per heavy atom. The number of carbonyl (C=O) groups is 1. The summed E-state index contributed by atoms with van der Waals surface area (Å²) in [7, 11) is 0. The summed E-state index contributed by atoms with van der Waals surface area (Å²) >= 11 is 0. The third kappa shape index (κ3) is 2.60. The molecule has 1 aliphatic carbocycles. The molecule has 1 fully saturated rings. The first-order chi connectivity index (χ1) is 8.22. The fourth-order valence-corrected chi connectivity index (χ4v) is 2.25. The van der Waals surface area contributed by atoms with Crippen LogP contribution in [-0.2, 0) is 11.3 Å². The van der Waals surface area contributed by atoms with Crippen molar-refractivity contribution in [1.82, 2.24) is 9.78 Å².